The van der Waals surface area contributed by atoms with Gasteiger partial charge in [-0.2, -0.15) is 0 Å². The van der Waals surface area contributed by atoms with Gasteiger partial charge in [0, 0.05) is 29.8 Å². The first-order valence-corrected chi connectivity index (χ1v) is 8.01. The normalized spacial score (nSPS) is 11.0. The Balaban J connectivity index is 1.90. The molecule has 1 aromatic heterocycles. The monoisotopic (exact) mass is 323 g/mol. The van der Waals surface area contributed by atoms with Gasteiger partial charge in [0.05, 0.1) is 7.11 Å². The molecule has 0 saturated heterocycles. The molecule has 0 amide bonds. The third kappa shape index (κ3) is 3.43. The Morgan fingerprint density at radius 3 is 2.71 bits per heavy atom. The molecule has 0 bridgehead atoms. The van der Waals surface area contributed by atoms with Crippen molar-refractivity contribution in [2.24, 2.45) is 0 Å². The number of methoxy groups -OCH3 is 1. The van der Waals surface area contributed by atoms with Crippen LogP contribution in [0.3, 0.4) is 0 Å². The molecule has 0 atom stereocenters. The SMILES string of the molecule is COc1ccc2c(CNc3cccc(C(C)C)c3)cc(=O)oc2c1. The fraction of sp³-hybridized carbons (Fsp3) is 0.250. The van der Waals surface area contributed by atoms with Gasteiger partial charge >= 0.3 is 5.63 Å². The summed E-state index contributed by atoms with van der Waals surface area (Å²) in [5, 5.41) is 4.30. The number of nitrogens with one attached hydrogen (secondary N) is 1. The summed E-state index contributed by atoms with van der Waals surface area (Å²) in [6.45, 7) is 4.89. The van der Waals surface area contributed by atoms with Crippen molar-refractivity contribution in [1.82, 2.24) is 0 Å². The van der Waals surface area contributed by atoms with Crippen molar-refractivity contribution in [2.45, 2.75) is 26.3 Å². The molecule has 3 aromatic rings. The Morgan fingerprint density at radius 2 is 1.96 bits per heavy atom. The molecule has 1 N–H and O–H groups in total. The molecule has 0 saturated carbocycles. The maximum absolute atomic E-state index is 11.8. The van der Waals surface area contributed by atoms with Crippen molar-refractivity contribution in [3.8, 4) is 5.75 Å². The molecule has 0 unspecified atom stereocenters. The highest BCUT2D eigenvalue weighted by Gasteiger charge is 2.07. The summed E-state index contributed by atoms with van der Waals surface area (Å²) in [7, 11) is 1.59. The number of ether oxygens (including phenoxy) is 1. The predicted molar refractivity (Wildman–Crippen MR) is 96.9 cm³/mol. The molecule has 3 rings (SSSR count). The lowest BCUT2D eigenvalue weighted by atomic mass is 10.0. The Labute approximate surface area is 141 Å². The first-order chi connectivity index (χ1) is 11.6. The summed E-state index contributed by atoms with van der Waals surface area (Å²) in [6.07, 6.45) is 0. The van der Waals surface area contributed by atoms with Crippen LogP contribution in [0.5, 0.6) is 5.75 Å². The molecule has 0 spiro atoms. The van der Waals surface area contributed by atoms with Crippen molar-refractivity contribution in [2.75, 3.05) is 12.4 Å². The standard InChI is InChI=1S/C20H21NO3/c1-13(2)14-5-4-6-16(9-14)21-12-15-10-20(22)24-19-11-17(23-3)7-8-18(15)19/h4-11,13,21H,12H2,1-3H3. The Hall–Kier alpha value is -2.75. The van der Waals surface area contributed by atoms with Crippen molar-refractivity contribution < 1.29 is 9.15 Å². The van der Waals surface area contributed by atoms with Gasteiger partial charge < -0.3 is 14.5 Å². The second-order valence-electron chi connectivity index (χ2n) is 6.09. The maximum Gasteiger partial charge on any atom is 0.336 e. The predicted octanol–water partition coefficient (Wildman–Crippen LogP) is 4.54. The van der Waals surface area contributed by atoms with Crippen molar-refractivity contribution in [3.05, 3.63) is 70.1 Å². The van der Waals surface area contributed by atoms with E-state index < -0.39 is 0 Å². The molecule has 24 heavy (non-hydrogen) atoms. The Bertz CT molecular complexity index is 912. The summed E-state index contributed by atoms with van der Waals surface area (Å²) < 4.78 is 10.5. The molecule has 0 aliphatic heterocycles. The minimum Gasteiger partial charge on any atom is -0.497 e. The number of fused-ring (bicyclic) bond motifs is 1. The van der Waals surface area contributed by atoms with Gasteiger partial charge in [-0.25, -0.2) is 4.79 Å². The van der Waals surface area contributed by atoms with Crippen LogP contribution in [0.2, 0.25) is 0 Å². The first kappa shape index (κ1) is 16.1. The van der Waals surface area contributed by atoms with E-state index in [2.05, 4.69) is 31.3 Å². The number of benzene rings is 2. The third-order valence-electron chi connectivity index (χ3n) is 4.07. The molecule has 0 aliphatic carbocycles. The van der Waals surface area contributed by atoms with Crippen molar-refractivity contribution >= 4 is 16.7 Å². The van der Waals surface area contributed by atoms with Gasteiger partial charge in [-0.15, -0.1) is 0 Å². The van der Waals surface area contributed by atoms with Crippen molar-refractivity contribution in [3.63, 3.8) is 0 Å². The van der Waals surface area contributed by atoms with Crippen LogP contribution in [-0.2, 0) is 6.54 Å². The summed E-state index contributed by atoms with van der Waals surface area (Å²) in [4.78, 5) is 11.8. The van der Waals surface area contributed by atoms with Gasteiger partial charge in [0.1, 0.15) is 11.3 Å². The number of hydrogen-bond donors (Lipinski definition) is 1. The van der Waals surface area contributed by atoms with Crippen LogP contribution in [0.4, 0.5) is 5.69 Å². The third-order valence-corrected chi connectivity index (χ3v) is 4.07. The second kappa shape index (κ2) is 6.79. The summed E-state index contributed by atoms with van der Waals surface area (Å²) >= 11 is 0. The number of hydrogen-bond acceptors (Lipinski definition) is 4. The minimum atomic E-state index is -0.358. The molecule has 124 valence electrons. The van der Waals surface area contributed by atoms with Gasteiger partial charge in [-0.1, -0.05) is 26.0 Å². The molecule has 1 heterocycles. The summed E-state index contributed by atoms with van der Waals surface area (Å²) in [6, 6.07) is 15.4. The lowest BCUT2D eigenvalue weighted by molar-refractivity contribution is 0.414. The second-order valence-corrected chi connectivity index (χ2v) is 6.09. The van der Waals surface area contributed by atoms with Crippen LogP contribution in [0, 0.1) is 0 Å². The lowest BCUT2D eigenvalue weighted by Gasteiger charge is -2.12. The van der Waals surface area contributed by atoms with E-state index in [4.69, 9.17) is 9.15 Å². The van der Waals surface area contributed by atoms with E-state index in [1.807, 2.05) is 24.3 Å². The van der Waals surface area contributed by atoms with E-state index in [0.29, 0.717) is 23.8 Å². The molecule has 0 fully saturated rings. The van der Waals surface area contributed by atoms with Gasteiger partial charge in [0.25, 0.3) is 0 Å². The summed E-state index contributed by atoms with van der Waals surface area (Å²) in [5.74, 6) is 1.14. The minimum absolute atomic E-state index is 0.358. The van der Waals surface area contributed by atoms with Crippen LogP contribution in [0.1, 0.15) is 30.9 Å². The zero-order valence-electron chi connectivity index (χ0n) is 14.1. The fourth-order valence-corrected chi connectivity index (χ4v) is 2.69. The Kier molecular flexibility index (Phi) is 4.56. The van der Waals surface area contributed by atoms with E-state index in [1.165, 1.54) is 11.6 Å². The fourth-order valence-electron chi connectivity index (χ4n) is 2.69. The Morgan fingerprint density at radius 1 is 1.12 bits per heavy atom. The lowest BCUT2D eigenvalue weighted by Crippen LogP contribution is -2.06. The van der Waals surface area contributed by atoms with E-state index in [1.54, 1.807) is 13.2 Å². The average molecular weight is 323 g/mol. The molecular weight excluding hydrogens is 302 g/mol. The molecule has 0 radical (unpaired) electrons. The largest absolute Gasteiger partial charge is 0.497 e. The van der Waals surface area contributed by atoms with E-state index in [9.17, 15) is 4.79 Å². The zero-order chi connectivity index (χ0) is 17.1. The smallest absolute Gasteiger partial charge is 0.336 e. The molecular formula is C20H21NO3. The van der Waals surface area contributed by atoms with Crippen LogP contribution in [-0.4, -0.2) is 7.11 Å². The van der Waals surface area contributed by atoms with Gasteiger partial charge in [0.15, 0.2) is 0 Å². The first-order valence-electron chi connectivity index (χ1n) is 8.01. The molecule has 4 heteroatoms. The van der Waals surface area contributed by atoms with E-state index in [0.717, 1.165) is 16.6 Å². The molecule has 0 aliphatic rings. The van der Waals surface area contributed by atoms with E-state index >= 15 is 0 Å². The quantitative estimate of drug-likeness (QED) is 0.701. The highest BCUT2D eigenvalue weighted by molar-refractivity contribution is 5.81. The number of anilines is 1. The van der Waals surface area contributed by atoms with Gasteiger partial charge in [-0.3, -0.25) is 0 Å². The highest BCUT2D eigenvalue weighted by Crippen LogP contribution is 2.24. The van der Waals surface area contributed by atoms with Crippen LogP contribution < -0.4 is 15.7 Å². The topological polar surface area (TPSA) is 51.5 Å². The van der Waals surface area contributed by atoms with Gasteiger partial charge in [-0.05, 0) is 41.3 Å². The van der Waals surface area contributed by atoms with Crippen molar-refractivity contribution in [1.29, 1.82) is 0 Å². The van der Waals surface area contributed by atoms with Crippen LogP contribution >= 0.6 is 0 Å². The van der Waals surface area contributed by atoms with E-state index in [-0.39, 0.29) is 5.63 Å². The molecule has 2 aromatic carbocycles. The maximum atomic E-state index is 11.8. The van der Waals surface area contributed by atoms with Crippen LogP contribution in [0.15, 0.2) is 57.7 Å². The molecule has 4 nitrogen and oxygen atoms in total. The number of rotatable bonds is 5. The highest BCUT2D eigenvalue weighted by atomic mass is 16.5. The summed E-state index contributed by atoms with van der Waals surface area (Å²) in [5.41, 5.74) is 3.40. The van der Waals surface area contributed by atoms with Crippen LogP contribution in [0.25, 0.3) is 11.0 Å². The van der Waals surface area contributed by atoms with Gasteiger partial charge in [0.2, 0.25) is 0 Å². The average Bonchev–Trinajstić information content (AvgIpc) is 2.59. The zero-order valence-corrected chi connectivity index (χ0v) is 14.1.